The van der Waals surface area contributed by atoms with E-state index in [1.807, 2.05) is 25.1 Å². The molecule has 1 unspecified atom stereocenters. The molecule has 0 fully saturated rings. The highest BCUT2D eigenvalue weighted by molar-refractivity contribution is 5.96. The van der Waals surface area contributed by atoms with E-state index in [-0.39, 0.29) is 5.91 Å². The van der Waals surface area contributed by atoms with E-state index in [9.17, 15) is 4.79 Å². The standard InChI is InChI=1S/C15H20N4O2/c1-3-8-21-13-7-5-4-6-12(13)18-15(20)14(16)11-9-17-19(2)10-11/h4-7,9-10,14H,3,8,16H2,1-2H3,(H,18,20). The van der Waals surface area contributed by atoms with Crippen molar-refractivity contribution in [3.05, 3.63) is 42.2 Å². The number of amides is 1. The molecule has 0 aliphatic heterocycles. The number of aryl methyl sites for hydroxylation is 1. The van der Waals surface area contributed by atoms with Crippen molar-refractivity contribution in [2.75, 3.05) is 11.9 Å². The average molecular weight is 288 g/mol. The second-order valence-corrected chi connectivity index (χ2v) is 4.76. The number of anilines is 1. The van der Waals surface area contributed by atoms with Crippen molar-refractivity contribution < 1.29 is 9.53 Å². The minimum atomic E-state index is -0.766. The molecule has 1 amide bonds. The number of carbonyl (C=O) groups excluding carboxylic acids is 1. The van der Waals surface area contributed by atoms with E-state index in [0.717, 1.165) is 6.42 Å². The van der Waals surface area contributed by atoms with Gasteiger partial charge in [0.05, 0.1) is 18.5 Å². The minimum Gasteiger partial charge on any atom is -0.491 e. The Hall–Kier alpha value is -2.34. The number of ether oxygens (including phenoxy) is 1. The van der Waals surface area contributed by atoms with Gasteiger partial charge in [-0.1, -0.05) is 19.1 Å². The third kappa shape index (κ3) is 3.82. The molecular weight excluding hydrogens is 268 g/mol. The monoisotopic (exact) mass is 288 g/mol. The maximum Gasteiger partial charge on any atom is 0.246 e. The fourth-order valence-corrected chi connectivity index (χ4v) is 1.87. The first-order valence-electron chi connectivity index (χ1n) is 6.88. The second kappa shape index (κ2) is 6.90. The van der Waals surface area contributed by atoms with Crippen LogP contribution in [0, 0.1) is 0 Å². The topological polar surface area (TPSA) is 82.2 Å². The molecule has 1 atom stereocenters. The van der Waals surface area contributed by atoms with Crippen molar-refractivity contribution in [1.29, 1.82) is 0 Å². The van der Waals surface area contributed by atoms with Crippen molar-refractivity contribution in [1.82, 2.24) is 9.78 Å². The Balaban J connectivity index is 2.08. The van der Waals surface area contributed by atoms with Crippen LogP contribution in [0.4, 0.5) is 5.69 Å². The highest BCUT2D eigenvalue weighted by Gasteiger charge is 2.18. The number of nitrogens with two attached hydrogens (primary N) is 1. The number of benzene rings is 1. The normalized spacial score (nSPS) is 12.0. The van der Waals surface area contributed by atoms with Crippen molar-refractivity contribution in [3.8, 4) is 5.75 Å². The number of nitrogens with one attached hydrogen (secondary N) is 1. The molecule has 1 aromatic carbocycles. The number of hydrogen-bond acceptors (Lipinski definition) is 4. The fraction of sp³-hybridized carbons (Fsp3) is 0.333. The third-order valence-corrected chi connectivity index (χ3v) is 2.97. The molecule has 6 nitrogen and oxygen atoms in total. The van der Waals surface area contributed by atoms with Gasteiger partial charge in [-0.2, -0.15) is 5.10 Å². The van der Waals surface area contributed by atoms with Gasteiger partial charge in [0.15, 0.2) is 0 Å². The van der Waals surface area contributed by atoms with E-state index in [1.54, 1.807) is 30.2 Å². The van der Waals surface area contributed by atoms with Crippen molar-refractivity contribution >= 4 is 11.6 Å². The van der Waals surface area contributed by atoms with Crippen LogP contribution in [-0.2, 0) is 11.8 Å². The van der Waals surface area contributed by atoms with Crippen LogP contribution in [0.15, 0.2) is 36.7 Å². The van der Waals surface area contributed by atoms with Crippen LogP contribution >= 0.6 is 0 Å². The zero-order chi connectivity index (χ0) is 15.2. The van der Waals surface area contributed by atoms with Crippen LogP contribution in [0.5, 0.6) is 5.75 Å². The molecule has 0 saturated heterocycles. The van der Waals surface area contributed by atoms with Gasteiger partial charge in [0, 0.05) is 18.8 Å². The molecular formula is C15H20N4O2. The molecule has 0 saturated carbocycles. The van der Waals surface area contributed by atoms with E-state index in [0.29, 0.717) is 23.6 Å². The maximum absolute atomic E-state index is 12.2. The Morgan fingerprint density at radius 1 is 1.48 bits per heavy atom. The molecule has 1 aromatic heterocycles. The summed E-state index contributed by atoms with van der Waals surface area (Å²) < 4.78 is 7.22. The SMILES string of the molecule is CCCOc1ccccc1NC(=O)C(N)c1cnn(C)c1. The van der Waals surface area contributed by atoms with E-state index in [4.69, 9.17) is 10.5 Å². The van der Waals surface area contributed by atoms with Gasteiger partial charge >= 0.3 is 0 Å². The first-order valence-corrected chi connectivity index (χ1v) is 6.88. The number of carbonyl (C=O) groups is 1. The lowest BCUT2D eigenvalue weighted by atomic mass is 10.1. The van der Waals surface area contributed by atoms with Crippen molar-refractivity contribution in [2.24, 2.45) is 12.8 Å². The molecule has 0 bridgehead atoms. The van der Waals surface area contributed by atoms with Crippen LogP contribution in [0.1, 0.15) is 24.9 Å². The number of aromatic nitrogens is 2. The Bertz CT molecular complexity index is 609. The molecule has 2 aromatic rings. The van der Waals surface area contributed by atoms with Crippen LogP contribution in [0.3, 0.4) is 0 Å². The molecule has 112 valence electrons. The molecule has 0 radical (unpaired) electrons. The highest BCUT2D eigenvalue weighted by atomic mass is 16.5. The first-order chi connectivity index (χ1) is 10.1. The number of nitrogens with zero attached hydrogens (tertiary/aromatic N) is 2. The molecule has 2 rings (SSSR count). The van der Waals surface area contributed by atoms with Gasteiger partial charge in [-0.3, -0.25) is 9.48 Å². The molecule has 3 N–H and O–H groups in total. The lowest BCUT2D eigenvalue weighted by molar-refractivity contribution is -0.117. The van der Waals surface area contributed by atoms with Crippen molar-refractivity contribution in [3.63, 3.8) is 0 Å². The lowest BCUT2D eigenvalue weighted by Crippen LogP contribution is -2.27. The Morgan fingerprint density at radius 3 is 2.90 bits per heavy atom. The smallest absolute Gasteiger partial charge is 0.246 e. The zero-order valence-corrected chi connectivity index (χ0v) is 12.2. The second-order valence-electron chi connectivity index (χ2n) is 4.76. The summed E-state index contributed by atoms with van der Waals surface area (Å²) in [6, 6.07) is 6.55. The van der Waals surface area contributed by atoms with Gasteiger partial charge in [-0.15, -0.1) is 0 Å². The summed E-state index contributed by atoms with van der Waals surface area (Å²) in [5.41, 5.74) is 7.23. The van der Waals surface area contributed by atoms with Gasteiger partial charge in [0.2, 0.25) is 5.91 Å². The summed E-state index contributed by atoms with van der Waals surface area (Å²) in [5, 5.41) is 6.82. The molecule has 0 aliphatic carbocycles. The zero-order valence-electron chi connectivity index (χ0n) is 12.2. The van der Waals surface area contributed by atoms with Gasteiger partial charge in [-0.25, -0.2) is 0 Å². The van der Waals surface area contributed by atoms with Gasteiger partial charge in [0.1, 0.15) is 11.8 Å². The summed E-state index contributed by atoms with van der Waals surface area (Å²) in [4.78, 5) is 12.2. The Kier molecular flexibility index (Phi) is 4.94. The van der Waals surface area contributed by atoms with Gasteiger partial charge in [-0.05, 0) is 18.6 Å². The lowest BCUT2D eigenvalue weighted by Gasteiger charge is -2.14. The van der Waals surface area contributed by atoms with Crippen LogP contribution in [0.2, 0.25) is 0 Å². The Morgan fingerprint density at radius 2 is 2.24 bits per heavy atom. The quantitative estimate of drug-likeness (QED) is 0.850. The summed E-state index contributed by atoms with van der Waals surface area (Å²) in [6.07, 6.45) is 4.21. The predicted molar refractivity (Wildman–Crippen MR) is 81.0 cm³/mol. The molecule has 1 heterocycles. The number of para-hydroxylation sites is 2. The third-order valence-electron chi connectivity index (χ3n) is 2.97. The predicted octanol–water partition coefficient (Wildman–Crippen LogP) is 1.85. The van der Waals surface area contributed by atoms with Gasteiger partial charge < -0.3 is 15.8 Å². The van der Waals surface area contributed by atoms with E-state index in [2.05, 4.69) is 10.4 Å². The molecule has 6 heteroatoms. The van der Waals surface area contributed by atoms with Crippen LogP contribution in [-0.4, -0.2) is 22.3 Å². The molecule has 21 heavy (non-hydrogen) atoms. The highest BCUT2D eigenvalue weighted by Crippen LogP contribution is 2.25. The Labute approximate surface area is 123 Å². The van der Waals surface area contributed by atoms with Crippen LogP contribution < -0.4 is 15.8 Å². The van der Waals surface area contributed by atoms with Gasteiger partial charge in [0.25, 0.3) is 0 Å². The fourth-order valence-electron chi connectivity index (χ4n) is 1.87. The van der Waals surface area contributed by atoms with E-state index >= 15 is 0 Å². The van der Waals surface area contributed by atoms with E-state index in [1.165, 1.54) is 0 Å². The largest absolute Gasteiger partial charge is 0.491 e. The number of rotatable bonds is 6. The summed E-state index contributed by atoms with van der Waals surface area (Å²) >= 11 is 0. The first kappa shape index (κ1) is 15.1. The summed E-state index contributed by atoms with van der Waals surface area (Å²) in [5.74, 6) is 0.349. The maximum atomic E-state index is 12.2. The number of hydrogen-bond donors (Lipinski definition) is 2. The van der Waals surface area contributed by atoms with E-state index < -0.39 is 6.04 Å². The molecule has 0 spiro atoms. The summed E-state index contributed by atoms with van der Waals surface area (Å²) in [7, 11) is 1.78. The minimum absolute atomic E-state index is 0.296. The molecule has 0 aliphatic rings. The van der Waals surface area contributed by atoms with Crippen molar-refractivity contribution in [2.45, 2.75) is 19.4 Å². The van der Waals surface area contributed by atoms with Crippen LogP contribution in [0.25, 0.3) is 0 Å². The average Bonchev–Trinajstić information content (AvgIpc) is 2.92. The summed E-state index contributed by atoms with van der Waals surface area (Å²) in [6.45, 7) is 2.63.